The van der Waals surface area contributed by atoms with Crippen molar-refractivity contribution in [2.24, 2.45) is 0 Å². The third-order valence-corrected chi connectivity index (χ3v) is 7.55. The van der Waals surface area contributed by atoms with Crippen LogP contribution in [0.3, 0.4) is 0 Å². The van der Waals surface area contributed by atoms with Crippen LogP contribution in [0.4, 0.5) is 8.78 Å². The van der Waals surface area contributed by atoms with E-state index in [4.69, 9.17) is 0 Å². The lowest BCUT2D eigenvalue weighted by atomic mass is 9.90. The number of rotatable bonds is 4. The molecule has 0 heterocycles. The van der Waals surface area contributed by atoms with Crippen molar-refractivity contribution in [1.82, 2.24) is 0 Å². The third kappa shape index (κ3) is 4.34. The highest BCUT2D eigenvalue weighted by molar-refractivity contribution is 5.99. The van der Waals surface area contributed by atoms with Crippen molar-refractivity contribution >= 4 is 21.5 Å². The molecule has 0 aliphatic rings. The molecule has 0 saturated carbocycles. The molecule has 0 unspecified atom stereocenters. The standard InChI is InChI=1S/C38H24F2/c39-31-21-27(19-29(23-31)37-17-7-11-25-9-1-3-13-33(25)37)35-15-5-6-16-36(35)28-20-30(24-32(40)22-28)38-18-8-12-26-10-2-4-14-34(26)38/h1-24H. The molecule has 0 nitrogen and oxygen atoms in total. The molecule has 40 heavy (non-hydrogen) atoms. The smallest absolute Gasteiger partial charge is 0.124 e. The van der Waals surface area contributed by atoms with Crippen LogP contribution >= 0.6 is 0 Å². The highest BCUT2D eigenvalue weighted by Crippen LogP contribution is 2.39. The normalized spacial score (nSPS) is 11.2. The first-order valence-electron chi connectivity index (χ1n) is 13.3. The van der Waals surface area contributed by atoms with E-state index in [1.807, 2.05) is 84.9 Å². The average Bonchev–Trinajstić information content (AvgIpc) is 3.00. The molecule has 0 aliphatic carbocycles. The first kappa shape index (κ1) is 24.0. The van der Waals surface area contributed by atoms with Gasteiger partial charge in [0.2, 0.25) is 0 Å². The molecule has 0 fully saturated rings. The summed E-state index contributed by atoms with van der Waals surface area (Å²) in [7, 11) is 0. The summed E-state index contributed by atoms with van der Waals surface area (Å²) < 4.78 is 30.3. The summed E-state index contributed by atoms with van der Waals surface area (Å²) in [6, 6.07) is 46.5. The zero-order valence-corrected chi connectivity index (χ0v) is 21.6. The molecular weight excluding hydrogens is 494 g/mol. The summed E-state index contributed by atoms with van der Waals surface area (Å²) >= 11 is 0. The van der Waals surface area contributed by atoms with Gasteiger partial charge in [0, 0.05) is 0 Å². The van der Waals surface area contributed by atoms with E-state index in [-0.39, 0.29) is 11.6 Å². The molecule has 7 aromatic rings. The van der Waals surface area contributed by atoms with Gasteiger partial charge in [-0.15, -0.1) is 0 Å². The lowest BCUT2D eigenvalue weighted by Crippen LogP contribution is -1.91. The molecule has 0 spiro atoms. The van der Waals surface area contributed by atoms with E-state index in [2.05, 4.69) is 36.4 Å². The van der Waals surface area contributed by atoms with Crippen LogP contribution in [-0.2, 0) is 0 Å². The number of hydrogen-bond acceptors (Lipinski definition) is 0. The molecule has 0 amide bonds. The molecule has 0 atom stereocenters. The summed E-state index contributed by atoms with van der Waals surface area (Å²) in [6.45, 7) is 0. The van der Waals surface area contributed by atoms with Crippen molar-refractivity contribution in [2.45, 2.75) is 0 Å². The van der Waals surface area contributed by atoms with Crippen LogP contribution in [0.15, 0.2) is 146 Å². The second-order valence-electron chi connectivity index (χ2n) is 10.1. The van der Waals surface area contributed by atoms with E-state index in [9.17, 15) is 0 Å². The van der Waals surface area contributed by atoms with Gasteiger partial charge in [0.25, 0.3) is 0 Å². The van der Waals surface area contributed by atoms with Crippen LogP contribution in [0.2, 0.25) is 0 Å². The first-order chi connectivity index (χ1) is 19.6. The van der Waals surface area contributed by atoms with Crippen LogP contribution in [0.25, 0.3) is 66.1 Å². The summed E-state index contributed by atoms with van der Waals surface area (Å²) in [6.07, 6.45) is 0. The Morgan fingerprint density at radius 1 is 0.300 bits per heavy atom. The number of benzene rings is 7. The van der Waals surface area contributed by atoms with Gasteiger partial charge >= 0.3 is 0 Å². The van der Waals surface area contributed by atoms with Crippen molar-refractivity contribution in [3.05, 3.63) is 157 Å². The van der Waals surface area contributed by atoms with Gasteiger partial charge < -0.3 is 0 Å². The van der Waals surface area contributed by atoms with Crippen LogP contribution in [0.5, 0.6) is 0 Å². The SMILES string of the molecule is Fc1cc(-c2ccccc2-c2cc(F)cc(-c3cccc4ccccc34)c2)cc(-c2cccc3ccccc23)c1. The van der Waals surface area contributed by atoms with Gasteiger partial charge in [0.15, 0.2) is 0 Å². The van der Waals surface area contributed by atoms with Gasteiger partial charge in [-0.1, -0.05) is 109 Å². The van der Waals surface area contributed by atoms with E-state index >= 15 is 8.78 Å². The molecule has 7 rings (SSSR count). The maximum Gasteiger partial charge on any atom is 0.124 e. The monoisotopic (exact) mass is 518 g/mol. The van der Waals surface area contributed by atoms with Crippen molar-refractivity contribution in [2.75, 3.05) is 0 Å². The maximum atomic E-state index is 15.2. The van der Waals surface area contributed by atoms with E-state index in [0.717, 1.165) is 66.1 Å². The summed E-state index contributed by atoms with van der Waals surface area (Å²) in [5.41, 5.74) is 6.73. The van der Waals surface area contributed by atoms with Crippen LogP contribution in [0.1, 0.15) is 0 Å². The Labute approximate surface area is 231 Å². The summed E-state index contributed by atoms with van der Waals surface area (Å²) in [5, 5.41) is 4.35. The Balaban J connectivity index is 1.39. The molecule has 0 aliphatic heterocycles. The Hall–Kier alpha value is -5.08. The number of fused-ring (bicyclic) bond motifs is 2. The highest BCUT2D eigenvalue weighted by Gasteiger charge is 2.14. The van der Waals surface area contributed by atoms with Gasteiger partial charge in [-0.05, 0) is 102 Å². The number of hydrogen-bond donors (Lipinski definition) is 0. The summed E-state index contributed by atoms with van der Waals surface area (Å²) in [4.78, 5) is 0. The van der Waals surface area contributed by atoms with Crippen molar-refractivity contribution in [3.8, 4) is 44.5 Å². The minimum atomic E-state index is -0.314. The Morgan fingerprint density at radius 3 is 1.07 bits per heavy atom. The zero-order chi connectivity index (χ0) is 27.1. The highest BCUT2D eigenvalue weighted by atomic mass is 19.1. The Kier molecular flexibility index (Phi) is 5.94. The molecule has 0 radical (unpaired) electrons. The fourth-order valence-electron chi connectivity index (χ4n) is 5.74. The maximum absolute atomic E-state index is 15.2. The molecule has 7 aromatic carbocycles. The van der Waals surface area contributed by atoms with Crippen LogP contribution in [-0.4, -0.2) is 0 Å². The molecule has 2 heteroatoms. The average molecular weight is 519 g/mol. The van der Waals surface area contributed by atoms with Crippen molar-refractivity contribution in [1.29, 1.82) is 0 Å². The van der Waals surface area contributed by atoms with Gasteiger partial charge in [-0.3, -0.25) is 0 Å². The number of halogens is 2. The van der Waals surface area contributed by atoms with Crippen molar-refractivity contribution < 1.29 is 8.78 Å². The predicted molar refractivity (Wildman–Crippen MR) is 163 cm³/mol. The Morgan fingerprint density at radius 2 is 0.625 bits per heavy atom. The van der Waals surface area contributed by atoms with E-state index in [1.54, 1.807) is 24.3 Å². The fraction of sp³-hybridized carbons (Fsp3) is 0. The predicted octanol–water partition coefficient (Wildman–Crippen LogP) is 10.9. The topological polar surface area (TPSA) is 0 Å². The van der Waals surface area contributed by atoms with E-state index in [1.165, 1.54) is 0 Å². The molecular formula is C38H24F2. The summed E-state index contributed by atoms with van der Waals surface area (Å²) in [5.74, 6) is -0.628. The lowest BCUT2D eigenvalue weighted by molar-refractivity contribution is 0.628. The molecule has 190 valence electrons. The van der Waals surface area contributed by atoms with Gasteiger partial charge in [0.05, 0.1) is 0 Å². The molecule has 0 aromatic heterocycles. The van der Waals surface area contributed by atoms with E-state index in [0.29, 0.717) is 0 Å². The fourth-order valence-corrected chi connectivity index (χ4v) is 5.74. The second-order valence-corrected chi connectivity index (χ2v) is 10.1. The van der Waals surface area contributed by atoms with Crippen LogP contribution < -0.4 is 0 Å². The third-order valence-electron chi connectivity index (χ3n) is 7.55. The molecule has 0 N–H and O–H groups in total. The largest absolute Gasteiger partial charge is 0.207 e. The Bertz CT molecular complexity index is 1880. The second kappa shape index (κ2) is 9.91. The lowest BCUT2D eigenvalue weighted by Gasteiger charge is -2.15. The van der Waals surface area contributed by atoms with E-state index < -0.39 is 0 Å². The van der Waals surface area contributed by atoms with Gasteiger partial charge in [-0.2, -0.15) is 0 Å². The quantitative estimate of drug-likeness (QED) is 0.217. The molecule has 0 bridgehead atoms. The molecule has 0 saturated heterocycles. The van der Waals surface area contributed by atoms with Crippen molar-refractivity contribution in [3.63, 3.8) is 0 Å². The van der Waals surface area contributed by atoms with Gasteiger partial charge in [0.1, 0.15) is 11.6 Å². The first-order valence-corrected chi connectivity index (χ1v) is 13.3. The minimum absolute atomic E-state index is 0.314. The van der Waals surface area contributed by atoms with Gasteiger partial charge in [-0.25, -0.2) is 8.78 Å². The minimum Gasteiger partial charge on any atom is -0.207 e. The van der Waals surface area contributed by atoms with Crippen LogP contribution in [0, 0.1) is 11.6 Å². The zero-order valence-electron chi connectivity index (χ0n) is 21.6.